The predicted octanol–water partition coefficient (Wildman–Crippen LogP) is 20.4. The molecule has 2 aliphatic carbocycles. The van der Waals surface area contributed by atoms with Crippen molar-refractivity contribution in [3.8, 4) is 55.9 Å². The van der Waals surface area contributed by atoms with Gasteiger partial charge in [0.1, 0.15) is 0 Å². The van der Waals surface area contributed by atoms with Crippen molar-refractivity contribution in [1.29, 1.82) is 0 Å². The Balaban J connectivity index is 0.884. The summed E-state index contributed by atoms with van der Waals surface area (Å²) in [6.45, 7) is 9.62. The Morgan fingerprint density at radius 1 is 0.293 bits per heavy atom. The molecule has 82 heavy (non-hydrogen) atoms. The summed E-state index contributed by atoms with van der Waals surface area (Å²) in [5.74, 6) is 0. The molecule has 4 heterocycles. The maximum absolute atomic E-state index is 5.31. The Bertz CT molecular complexity index is 5190. The Hall–Kier alpha value is -10.2. The van der Waals surface area contributed by atoms with Crippen molar-refractivity contribution in [1.82, 2.24) is 19.1 Å². The van der Waals surface area contributed by atoms with Crippen molar-refractivity contribution in [2.24, 2.45) is 0 Å². The summed E-state index contributed by atoms with van der Waals surface area (Å²) in [7, 11) is 0. The van der Waals surface area contributed by atoms with Gasteiger partial charge in [-0.2, -0.15) is 0 Å². The highest BCUT2D eigenvalue weighted by atomic mass is 15.0. The van der Waals surface area contributed by atoms with Gasteiger partial charge in [-0.15, -0.1) is 0 Å². The molecular formula is C78H52N4. The van der Waals surface area contributed by atoms with E-state index in [1.165, 1.54) is 121 Å². The minimum Gasteiger partial charge on any atom is -0.307 e. The average Bonchev–Trinajstić information content (AvgIpc) is 4.18. The number of hydrogen-bond donors (Lipinski definition) is 0. The molecule has 0 spiro atoms. The first-order chi connectivity index (χ1) is 40.2. The Morgan fingerprint density at radius 3 is 1.06 bits per heavy atom. The van der Waals surface area contributed by atoms with Crippen LogP contribution in [0.15, 0.2) is 243 Å². The molecule has 0 N–H and O–H groups in total. The zero-order valence-corrected chi connectivity index (χ0v) is 45.9. The number of aromatic nitrogens is 4. The van der Waals surface area contributed by atoms with Crippen molar-refractivity contribution < 1.29 is 0 Å². The summed E-state index contributed by atoms with van der Waals surface area (Å²) in [5.41, 5.74) is 23.7. The molecule has 0 radical (unpaired) electrons. The van der Waals surface area contributed by atoms with E-state index in [0.717, 1.165) is 55.2 Å². The molecule has 4 aromatic heterocycles. The molecular weight excluding hydrogens is 993 g/mol. The van der Waals surface area contributed by atoms with Gasteiger partial charge in [0.15, 0.2) is 0 Å². The molecule has 16 aromatic rings. The summed E-state index contributed by atoms with van der Waals surface area (Å²) >= 11 is 0. The van der Waals surface area contributed by atoms with Gasteiger partial charge in [0.05, 0.1) is 33.1 Å². The summed E-state index contributed by atoms with van der Waals surface area (Å²) in [5, 5.41) is 14.5. The molecule has 4 nitrogen and oxygen atoms in total. The van der Waals surface area contributed by atoms with E-state index in [9.17, 15) is 0 Å². The van der Waals surface area contributed by atoms with Crippen LogP contribution in [0, 0.1) is 0 Å². The van der Waals surface area contributed by atoms with Crippen LogP contribution in [0.2, 0.25) is 0 Å². The van der Waals surface area contributed by atoms with Gasteiger partial charge in [0.2, 0.25) is 0 Å². The number of rotatable bonds is 4. The quantitative estimate of drug-likeness (QED) is 0.165. The molecule has 384 valence electrons. The van der Waals surface area contributed by atoms with Gasteiger partial charge in [0, 0.05) is 56.1 Å². The molecule has 0 saturated carbocycles. The van der Waals surface area contributed by atoms with Crippen LogP contribution >= 0.6 is 0 Å². The lowest BCUT2D eigenvalue weighted by molar-refractivity contribution is 0.660. The topological polar surface area (TPSA) is 35.6 Å². The highest BCUT2D eigenvalue weighted by Gasteiger charge is 2.38. The van der Waals surface area contributed by atoms with Crippen LogP contribution < -0.4 is 0 Å². The van der Waals surface area contributed by atoms with Gasteiger partial charge >= 0.3 is 0 Å². The second kappa shape index (κ2) is 16.2. The molecule has 4 heteroatoms. The van der Waals surface area contributed by atoms with Crippen molar-refractivity contribution in [2.45, 2.75) is 38.5 Å². The van der Waals surface area contributed by atoms with E-state index in [2.05, 4.69) is 267 Å². The van der Waals surface area contributed by atoms with Gasteiger partial charge in [-0.3, -0.25) is 9.97 Å². The standard InChI is InChI=1S/C78H52N4/c1-77(2)63-41-51(49-27-25-45-15-5-7-17-47(45)39-49)29-33-55(63)57-35-31-53(43-65(57)77)81-67-23-13-37-79-73(67)71-61-21-11-10-20-60(61)70-69(75(71)81)59-19-9-12-22-62(59)72-74-68(24-14-38-80-74)82(76(70)72)54-32-36-58-56-34-30-52(42-64(56)78(3,4)66(58)44-54)50-28-26-46-16-6-8-18-48(46)40-50/h5-44H,1-4H3. The van der Waals surface area contributed by atoms with Crippen LogP contribution in [-0.2, 0) is 10.8 Å². The summed E-state index contributed by atoms with van der Waals surface area (Å²) < 4.78 is 5.08. The molecule has 18 rings (SSSR count). The van der Waals surface area contributed by atoms with E-state index in [0.29, 0.717) is 0 Å². The summed E-state index contributed by atoms with van der Waals surface area (Å²) in [6, 6.07) is 86.4. The van der Waals surface area contributed by atoms with Crippen LogP contribution in [0.25, 0.3) is 154 Å². The SMILES string of the molecule is CC1(C)c2cc(-c3ccc4ccccc4c3)ccc2-c2ccc(-n3c4cccnc4c4c5ccccc5c5c(c6ccccc6c6c7ncccc7n(-c7ccc8c(c7)C(C)(C)c7cc(-c9ccc%10ccccc%10c9)ccc7-8)c65)c43)cc21. The van der Waals surface area contributed by atoms with Crippen molar-refractivity contribution in [3.05, 3.63) is 265 Å². The highest BCUT2D eigenvalue weighted by Crippen LogP contribution is 2.55. The lowest BCUT2D eigenvalue weighted by atomic mass is 9.81. The minimum atomic E-state index is -0.266. The fourth-order valence-electron chi connectivity index (χ4n) is 15.2. The number of benzene rings is 12. The molecule has 0 amide bonds. The zero-order chi connectivity index (χ0) is 54.3. The third kappa shape index (κ3) is 6.05. The largest absolute Gasteiger partial charge is 0.307 e. The van der Waals surface area contributed by atoms with Crippen LogP contribution in [0.5, 0.6) is 0 Å². The maximum atomic E-state index is 5.31. The summed E-state index contributed by atoms with van der Waals surface area (Å²) in [4.78, 5) is 10.6. The van der Waals surface area contributed by atoms with Gasteiger partial charge in [-0.25, -0.2) is 0 Å². The first-order valence-electron chi connectivity index (χ1n) is 28.7. The van der Waals surface area contributed by atoms with E-state index < -0.39 is 0 Å². The minimum absolute atomic E-state index is 0.266. The van der Waals surface area contributed by atoms with Crippen LogP contribution in [-0.4, -0.2) is 19.1 Å². The summed E-state index contributed by atoms with van der Waals surface area (Å²) in [6.07, 6.45) is 3.92. The van der Waals surface area contributed by atoms with Crippen molar-refractivity contribution >= 4 is 97.7 Å². The van der Waals surface area contributed by atoms with Crippen molar-refractivity contribution in [2.75, 3.05) is 0 Å². The van der Waals surface area contributed by atoms with E-state index in [1.807, 2.05) is 12.4 Å². The first-order valence-corrected chi connectivity index (χ1v) is 28.7. The zero-order valence-electron chi connectivity index (χ0n) is 45.9. The predicted molar refractivity (Wildman–Crippen MR) is 344 cm³/mol. The molecule has 12 aromatic carbocycles. The monoisotopic (exact) mass is 1040 g/mol. The lowest BCUT2D eigenvalue weighted by Gasteiger charge is -2.23. The van der Waals surface area contributed by atoms with Crippen molar-refractivity contribution in [3.63, 3.8) is 0 Å². The van der Waals surface area contributed by atoms with E-state index in [4.69, 9.17) is 9.97 Å². The van der Waals surface area contributed by atoms with Crippen LogP contribution in [0.1, 0.15) is 49.9 Å². The number of pyridine rings is 2. The molecule has 0 bridgehead atoms. The molecule has 0 saturated heterocycles. The molecule has 0 aliphatic heterocycles. The smallest absolute Gasteiger partial charge is 0.0969 e. The number of fused-ring (bicyclic) bond motifs is 23. The second-order valence-corrected chi connectivity index (χ2v) is 24.1. The highest BCUT2D eigenvalue weighted by molar-refractivity contribution is 6.43. The van der Waals surface area contributed by atoms with Gasteiger partial charge < -0.3 is 9.13 Å². The van der Waals surface area contributed by atoms with E-state index >= 15 is 0 Å². The molecule has 2 aliphatic rings. The Morgan fingerprint density at radius 2 is 0.634 bits per heavy atom. The Labute approximate surface area is 473 Å². The lowest BCUT2D eigenvalue weighted by Crippen LogP contribution is -2.15. The second-order valence-electron chi connectivity index (χ2n) is 24.1. The first kappa shape index (κ1) is 45.7. The average molecular weight is 1050 g/mol. The molecule has 0 unspecified atom stereocenters. The van der Waals surface area contributed by atoms with E-state index in [1.54, 1.807) is 0 Å². The Kier molecular flexibility index (Phi) is 9.05. The van der Waals surface area contributed by atoms with Gasteiger partial charge in [-0.05, 0) is 183 Å². The number of nitrogens with zero attached hydrogens (tertiary/aromatic N) is 4. The molecule has 0 fully saturated rings. The van der Waals surface area contributed by atoms with Gasteiger partial charge in [-0.1, -0.05) is 185 Å². The van der Waals surface area contributed by atoms with Crippen LogP contribution in [0.3, 0.4) is 0 Å². The van der Waals surface area contributed by atoms with Crippen LogP contribution in [0.4, 0.5) is 0 Å². The van der Waals surface area contributed by atoms with Gasteiger partial charge in [0.25, 0.3) is 0 Å². The third-order valence-electron chi connectivity index (χ3n) is 19.1. The van der Waals surface area contributed by atoms with E-state index in [-0.39, 0.29) is 10.8 Å². The fourth-order valence-corrected chi connectivity index (χ4v) is 15.2. The maximum Gasteiger partial charge on any atom is 0.0969 e. The normalized spacial score (nSPS) is 14.0. The number of hydrogen-bond acceptors (Lipinski definition) is 2. The fraction of sp³-hybridized carbons (Fsp3) is 0.0769. The third-order valence-corrected chi connectivity index (χ3v) is 19.1. The molecule has 0 atom stereocenters.